The monoisotopic (exact) mass is 399 g/mol. The first-order chi connectivity index (χ1) is 10.8. The van der Waals surface area contributed by atoms with Crippen LogP contribution in [0, 0.1) is 10.1 Å². The topological polar surface area (TPSA) is 122 Å². The molecule has 0 saturated carbocycles. The van der Waals surface area contributed by atoms with Crippen LogP contribution < -0.4 is 4.83 Å². The highest BCUT2D eigenvalue weighted by Crippen LogP contribution is 2.21. The Morgan fingerprint density at radius 1 is 1.22 bits per heavy atom. The zero-order chi connectivity index (χ0) is 17.0. The molecule has 0 aliphatic heterocycles. The van der Waals surface area contributed by atoms with E-state index in [-0.39, 0.29) is 21.9 Å². The minimum Gasteiger partial charge on any atom is -0.507 e. The third-order valence-corrected chi connectivity index (χ3v) is 4.49. The van der Waals surface area contributed by atoms with E-state index < -0.39 is 14.9 Å². The number of nitro groups is 1. The number of non-ortho nitro benzene ring substituents is 1. The first-order valence-corrected chi connectivity index (χ1v) is 8.35. The van der Waals surface area contributed by atoms with Crippen LogP contribution in [0.3, 0.4) is 0 Å². The first kappa shape index (κ1) is 16.9. The zero-order valence-corrected chi connectivity index (χ0v) is 13.8. The highest BCUT2D eigenvalue weighted by molar-refractivity contribution is 9.10. The smallest absolute Gasteiger partial charge is 0.276 e. The van der Waals surface area contributed by atoms with Crippen molar-refractivity contribution >= 4 is 37.9 Å². The number of hydrogen-bond donors (Lipinski definition) is 2. The number of aromatic hydroxyl groups is 1. The molecule has 120 valence electrons. The average Bonchev–Trinajstić information content (AvgIpc) is 2.49. The number of sulfonamides is 1. The highest BCUT2D eigenvalue weighted by Gasteiger charge is 2.13. The average molecular weight is 400 g/mol. The summed E-state index contributed by atoms with van der Waals surface area (Å²) in [7, 11) is -3.87. The molecule has 0 aliphatic carbocycles. The van der Waals surface area contributed by atoms with E-state index in [0.717, 1.165) is 28.9 Å². The summed E-state index contributed by atoms with van der Waals surface area (Å²) in [5.74, 6) is -0.262. The van der Waals surface area contributed by atoms with Crippen LogP contribution in [-0.2, 0) is 10.0 Å². The van der Waals surface area contributed by atoms with Crippen molar-refractivity contribution in [2.24, 2.45) is 5.10 Å². The van der Waals surface area contributed by atoms with Gasteiger partial charge < -0.3 is 5.11 Å². The summed E-state index contributed by atoms with van der Waals surface area (Å²) in [6.45, 7) is 0. The summed E-state index contributed by atoms with van der Waals surface area (Å²) >= 11 is 3.19. The quantitative estimate of drug-likeness (QED) is 0.453. The molecule has 0 aromatic heterocycles. The lowest BCUT2D eigenvalue weighted by Crippen LogP contribution is -2.18. The Balaban J connectivity index is 2.19. The van der Waals surface area contributed by atoms with E-state index in [2.05, 4.69) is 21.0 Å². The van der Waals surface area contributed by atoms with Crippen LogP contribution in [0.25, 0.3) is 0 Å². The van der Waals surface area contributed by atoms with Gasteiger partial charge in [0.15, 0.2) is 0 Å². The molecule has 0 fully saturated rings. The molecule has 2 aromatic rings. The van der Waals surface area contributed by atoms with Gasteiger partial charge in [-0.3, -0.25) is 10.1 Å². The van der Waals surface area contributed by atoms with Crippen LogP contribution in [0.4, 0.5) is 5.69 Å². The molecule has 0 atom stereocenters. The Morgan fingerprint density at radius 2 is 1.87 bits per heavy atom. The molecule has 0 amide bonds. The molecule has 0 bridgehead atoms. The van der Waals surface area contributed by atoms with Crippen molar-refractivity contribution in [2.45, 2.75) is 4.90 Å². The molecule has 0 spiro atoms. The van der Waals surface area contributed by atoms with Crippen molar-refractivity contribution < 1.29 is 18.4 Å². The fourth-order valence-electron chi connectivity index (χ4n) is 1.59. The van der Waals surface area contributed by atoms with Crippen molar-refractivity contribution in [3.05, 3.63) is 62.6 Å². The van der Waals surface area contributed by atoms with Crippen LogP contribution in [0.2, 0.25) is 0 Å². The van der Waals surface area contributed by atoms with E-state index in [9.17, 15) is 23.6 Å². The second kappa shape index (κ2) is 6.75. The van der Waals surface area contributed by atoms with Crippen molar-refractivity contribution in [1.29, 1.82) is 0 Å². The predicted octanol–water partition coefficient (Wildman–Crippen LogP) is 2.38. The molecule has 0 aliphatic rings. The van der Waals surface area contributed by atoms with Crippen LogP contribution in [0.15, 0.2) is 56.9 Å². The number of hydrogen-bond acceptors (Lipinski definition) is 6. The Kier molecular flexibility index (Phi) is 4.96. The SMILES string of the molecule is O=[N+]([O-])c1ccc(O)c(/C=N/NS(=O)(=O)c2ccc(Br)cc2)c1. The normalized spacial score (nSPS) is 11.5. The number of nitrogens with one attached hydrogen (secondary N) is 1. The van der Waals surface area contributed by atoms with Gasteiger partial charge >= 0.3 is 0 Å². The van der Waals surface area contributed by atoms with Crippen LogP contribution in [-0.4, -0.2) is 24.7 Å². The molecular formula is C13H10BrN3O5S. The Hall–Kier alpha value is -2.46. The molecule has 23 heavy (non-hydrogen) atoms. The van der Waals surface area contributed by atoms with Gasteiger partial charge in [0, 0.05) is 22.2 Å². The number of halogens is 1. The van der Waals surface area contributed by atoms with Gasteiger partial charge in [-0.25, -0.2) is 4.83 Å². The minimum atomic E-state index is -3.87. The molecule has 10 heteroatoms. The first-order valence-electron chi connectivity index (χ1n) is 6.07. The van der Waals surface area contributed by atoms with Crippen LogP contribution in [0.1, 0.15) is 5.56 Å². The molecular weight excluding hydrogens is 390 g/mol. The van der Waals surface area contributed by atoms with Crippen molar-refractivity contribution in [1.82, 2.24) is 4.83 Å². The van der Waals surface area contributed by atoms with Gasteiger partial charge in [0.25, 0.3) is 15.7 Å². The van der Waals surface area contributed by atoms with E-state index in [1.54, 1.807) is 12.1 Å². The van der Waals surface area contributed by atoms with Crippen molar-refractivity contribution in [3.8, 4) is 5.75 Å². The third kappa shape index (κ3) is 4.27. The Bertz CT molecular complexity index is 866. The molecule has 0 heterocycles. The number of phenols is 1. The standard InChI is InChI=1S/C13H10BrN3O5S/c14-10-1-4-12(5-2-10)23(21,22)16-15-8-9-7-11(17(19)20)3-6-13(9)18/h1-8,16,18H/b15-8+. The van der Waals surface area contributed by atoms with Crippen molar-refractivity contribution in [3.63, 3.8) is 0 Å². The number of phenolic OH excluding ortho intramolecular Hbond substituents is 1. The lowest BCUT2D eigenvalue weighted by Gasteiger charge is -2.03. The van der Waals surface area contributed by atoms with E-state index >= 15 is 0 Å². The lowest BCUT2D eigenvalue weighted by molar-refractivity contribution is -0.384. The lowest BCUT2D eigenvalue weighted by atomic mass is 10.2. The maximum Gasteiger partial charge on any atom is 0.276 e. The summed E-state index contributed by atoms with van der Waals surface area (Å²) < 4.78 is 24.7. The number of nitro benzene ring substituents is 1. The summed E-state index contributed by atoms with van der Waals surface area (Å²) in [5.41, 5.74) is -0.238. The molecule has 8 nitrogen and oxygen atoms in total. The van der Waals surface area contributed by atoms with Crippen LogP contribution in [0.5, 0.6) is 5.75 Å². The maximum atomic E-state index is 12.0. The van der Waals surface area contributed by atoms with Gasteiger partial charge in [0.05, 0.1) is 16.0 Å². The number of rotatable bonds is 5. The van der Waals surface area contributed by atoms with E-state index in [1.165, 1.54) is 12.1 Å². The summed E-state index contributed by atoms with van der Waals surface area (Å²) in [4.78, 5) is 12.0. The number of benzene rings is 2. The van der Waals surface area contributed by atoms with E-state index in [1.807, 2.05) is 4.83 Å². The van der Waals surface area contributed by atoms with Gasteiger partial charge in [-0.1, -0.05) is 15.9 Å². The molecule has 2 N–H and O–H groups in total. The second-order valence-electron chi connectivity index (χ2n) is 4.31. The van der Waals surface area contributed by atoms with Gasteiger partial charge in [0.2, 0.25) is 0 Å². The summed E-state index contributed by atoms with van der Waals surface area (Å²) in [6.07, 6.45) is 0.985. The molecule has 0 saturated heterocycles. The number of nitrogens with zero attached hydrogens (tertiary/aromatic N) is 2. The molecule has 2 aromatic carbocycles. The third-order valence-electron chi connectivity index (χ3n) is 2.72. The molecule has 0 radical (unpaired) electrons. The largest absolute Gasteiger partial charge is 0.507 e. The van der Waals surface area contributed by atoms with Gasteiger partial charge in [-0.15, -0.1) is 0 Å². The zero-order valence-electron chi connectivity index (χ0n) is 11.4. The number of hydrazone groups is 1. The van der Waals surface area contributed by atoms with E-state index in [0.29, 0.717) is 0 Å². The Labute approximate surface area is 139 Å². The van der Waals surface area contributed by atoms with Gasteiger partial charge in [0.1, 0.15) is 5.75 Å². The minimum absolute atomic E-state index is 0.00103. The Morgan fingerprint density at radius 3 is 2.48 bits per heavy atom. The van der Waals surface area contributed by atoms with Crippen LogP contribution >= 0.6 is 15.9 Å². The van der Waals surface area contributed by atoms with E-state index in [4.69, 9.17) is 0 Å². The van der Waals surface area contributed by atoms with Gasteiger partial charge in [-0.05, 0) is 30.3 Å². The maximum absolute atomic E-state index is 12.0. The highest BCUT2D eigenvalue weighted by atomic mass is 79.9. The summed E-state index contributed by atoms with van der Waals surface area (Å²) in [5, 5.41) is 23.8. The fourth-order valence-corrected chi connectivity index (χ4v) is 2.65. The van der Waals surface area contributed by atoms with Crippen molar-refractivity contribution in [2.75, 3.05) is 0 Å². The fraction of sp³-hybridized carbons (Fsp3) is 0. The molecule has 0 unspecified atom stereocenters. The molecule has 2 rings (SSSR count). The van der Waals surface area contributed by atoms with Gasteiger partial charge in [-0.2, -0.15) is 13.5 Å². The summed E-state index contributed by atoms with van der Waals surface area (Å²) in [6, 6.07) is 9.21. The predicted molar refractivity (Wildman–Crippen MR) is 86.8 cm³/mol. The second-order valence-corrected chi connectivity index (χ2v) is 6.88.